The fourth-order valence-electron chi connectivity index (χ4n) is 5.96. The second-order valence-corrected chi connectivity index (χ2v) is 12.1. The molecule has 0 saturated heterocycles. The quantitative estimate of drug-likeness (QED) is 0.387. The molecule has 1 aliphatic carbocycles. The molecule has 0 spiro atoms. The Morgan fingerprint density at radius 3 is 2.31 bits per heavy atom. The molecule has 1 amide bonds. The number of nitriles is 1. The third-order valence-corrected chi connectivity index (χ3v) is 8.19. The number of amides is 1. The van der Waals surface area contributed by atoms with E-state index in [4.69, 9.17) is 23.2 Å². The van der Waals surface area contributed by atoms with Crippen molar-refractivity contribution in [2.75, 3.05) is 6.54 Å². The van der Waals surface area contributed by atoms with Gasteiger partial charge in [0.1, 0.15) is 0 Å². The van der Waals surface area contributed by atoms with E-state index in [1.807, 2.05) is 48.5 Å². The van der Waals surface area contributed by atoms with Gasteiger partial charge in [0.15, 0.2) is 0 Å². The van der Waals surface area contributed by atoms with Gasteiger partial charge < -0.3 is 5.32 Å². The third-order valence-electron chi connectivity index (χ3n) is 7.71. The standard InChI is InChI=1S/C30H38Cl2N2O/c1-6-20(7-2)18-34-28(35)26-16-23(17-29(3,4)5)30(19-33,22-11-13-24(31)14-12-22)27(26)21-9-8-10-25(32)15-21/h8-15,20,23,26-27H,6-7,16-18H2,1-5H3,(H,34,35)/t23-,26+,27-,30-/m0/s1. The lowest BCUT2D eigenvalue weighted by Crippen LogP contribution is -2.40. The molecule has 2 aromatic carbocycles. The van der Waals surface area contributed by atoms with Crippen LogP contribution in [0.1, 0.15) is 77.3 Å². The van der Waals surface area contributed by atoms with Gasteiger partial charge >= 0.3 is 0 Å². The number of hydrogen-bond donors (Lipinski definition) is 1. The normalized spacial score (nSPS) is 24.4. The number of carbonyl (C=O) groups excluding carboxylic acids is 1. The zero-order valence-electron chi connectivity index (χ0n) is 21.6. The Kier molecular flexibility index (Phi) is 8.95. The highest BCUT2D eigenvalue weighted by Crippen LogP contribution is 2.60. The van der Waals surface area contributed by atoms with Crippen LogP contribution in [0.15, 0.2) is 48.5 Å². The predicted octanol–water partition coefficient (Wildman–Crippen LogP) is 8.16. The second kappa shape index (κ2) is 11.4. The Morgan fingerprint density at radius 1 is 1.11 bits per heavy atom. The Labute approximate surface area is 221 Å². The van der Waals surface area contributed by atoms with Gasteiger partial charge in [-0.3, -0.25) is 4.79 Å². The fraction of sp³-hybridized carbons (Fsp3) is 0.533. The summed E-state index contributed by atoms with van der Waals surface area (Å²) >= 11 is 12.7. The molecule has 1 fully saturated rings. The molecule has 0 aliphatic heterocycles. The maximum Gasteiger partial charge on any atom is 0.223 e. The summed E-state index contributed by atoms with van der Waals surface area (Å²) in [6, 6.07) is 18.1. The number of halogens is 2. The minimum Gasteiger partial charge on any atom is -0.356 e. The zero-order chi connectivity index (χ0) is 25.8. The van der Waals surface area contributed by atoms with Crippen LogP contribution in [-0.4, -0.2) is 12.5 Å². The molecular weight excluding hydrogens is 475 g/mol. The molecule has 0 heterocycles. The molecule has 3 nitrogen and oxygen atoms in total. The molecule has 4 atom stereocenters. The summed E-state index contributed by atoms with van der Waals surface area (Å²) in [5.41, 5.74) is 0.977. The van der Waals surface area contributed by atoms with Crippen molar-refractivity contribution < 1.29 is 4.79 Å². The molecule has 1 aliphatic rings. The topological polar surface area (TPSA) is 52.9 Å². The van der Waals surface area contributed by atoms with E-state index in [-0.39, 0.29) is 29.1 Å². The van der Waals surface area contributed by atoms with E-state index in [9.17, 15) is 10.1 Å². The van der Waals surface area contributed by atoms with E-state index in [1.165, 1.54) is 0 Å². The molecule has 0 unspecified atom stereocenters. The van der Waals surface area contributed by atoms with Crippen molar-refractivity contribution in [3.8, 4) is 6.07 Å². The smallest absolute Gasteiger partial charge is 0.223 e. The van der Waals surface area contributed by atoms with Crippen molar-refractivity contribution in [3.05, 3.63) is 69.7 Å². The minimum absolute atomic E-state index is 0.00103. The van der Waals surface area contributed by atoms with Crippen LogP contribution in [0, 0.1) is 34.5 Å². The highest BCUT2D eigenvalue weighted by atomic mass is 35.5. The van der Waals surface area contributed by atoms with Gasteiger partial charge in [-0.1, -0.05) is 94.9 Å². The zero-order valence-corrected chi connectivity index (χ0v) is 23.1. The molecule has 0 bridgehead atoms. The van der Waals surface area contributed by atoms with E-state index in [0.717, 1.165) is 30.4 Å². The van der Waals surface area contributed by atoms with Crippen molar-refractivity contribution in [1.82, 2.24) is 5.32 Å². The highest BCUT2D eigenvalue weighted by molar-refractivity contribution is 6.30. The molecule has 2 aromatic rings. The van der Waals surface area contributed by atoms with Gasteiger partial charge in [0, 0.05) is 28.4 Å². The van der Waals surface area contributed by atoms with Gasteiger partial charge in [-0.25, -0.2) is 0 Å². The molecule has 1 saturated carbocycles. The van der Waals surface area contributed by atoms with Crippen LogP contribution in [0.5, 0.6) is 0 Å². The van der Waals surface area contributed by atoms with Crippen molar-refractivity contribution in [2.45, 2.75) is 71.6 Å². The summed E-state index contributed by atoms with van der Waals surface area (Å²) < 4.78 is 0. The van der Waals surface area contributed by atoms with Crippen LogP contribution in [0.2, 0.25) is 10.0 Å². The van der Waals surface area contributed by atoms with Crippen molar-refractivity contribution in [1.29, 1.82) is 5.26 Å². The first-order valence-electron chi connectivity index (χ1n) is 12.8. The Bertz CT molecular complexity index is 1050. The van der Waals surface area contributed by atoms with Crippen LogP contribution >= 0.6 is 23.2 Å². The maximum absolute atomic E-state index is 13.8. The number of nitrogens with one attached hydrogen (secondary N) is 1. The fourth-order valence-corrected chi connectivity index (χ4v) is 6.28. The molecule has 1 N–H and O–H groups in total. The van der Waals surface area contributed by atoms with Crippen LogP contribution < -0.4 is 5.32 Å². The van der Waals surface area contributed by atoms with Gasteiger partial charge in [-0.15, -0.1) is 0 Å². The van der Waals surface area contributed by atoms with Gasteiger partial charge in [-0.2, -0.15) is 5.26 Å². The number of rotatable bonds is 8. The average molecular weight is 514 g/mol. The molecule has 5 heteroatoms. The first-order chi connectivity index (χ1) is 16.6. The first-order valence-corrected chi connectivity index (χ1v) is 13.5. The number of benzene rings is 2. The molecule has 3 rings (SSSR count). The first kappa shape index (κ1) is 27.6. The summed E-state index contributed by atoms with van der Waals surface area (Å²) in [7, 11) is 0. The molecule has 0 aromatic heterocycles. The Hall–Kier alpha value is -2.02. The summed E-state index contributed by atoms with van der Waals surface area (Å²) in [6.07, 6.45) is 3.54. The van der Waals surface area contributed by atoms with Crippen LogP contribution in [0.4, 0.5) is 0 Å². The van der Waals surface area contributed by atoms with E-state index in [2.05, 4.69) is 46.0 Å². The van der Waals surface area contributed by atoms with Gasteiger partial charge in [0.2, 0.25) is 5.91 Å². The summed E-state index contributed by atoms with van der Waals surface area (Å²) in [5, 5.41) is 15.4. The Morgan fingerprint density at radius 2 is 1.77 bits per heavy atom. The van der Waals surface area contributed by atoms with Crippen molar-refractivity contribution >= 4 is 29.1 Å². The Balaban J connectivity index is 2.17. The van der Waals surface area contributed by atoms with Gasteiger partial charge in [0.25, 0.3) is 0 Å². The minimum atomic E-state index is -0.876. The molecule has 0 radical (unpaired) electrons. The van der Waals surface area contributed by atoms with Crippen molar-refractivity contribution in [2.24, 2.45) is 23.2 Å². The molecular formula is C30H38Cl2N2O. The SMILES string of the molecule is CCC(CC)CNC(=O)[C@@H]1C[C@@H](CC(C)(C)C)[C@](C#N)(c2ccc(Cl)cc2)[C@H]1c1cccc(Cl)c1. The monoisotopic (exact) mass is 512 g/mol. The lowest BCUT2D eigenvalue weighted by Gasteiger charge is -2.38. The number of carbonyl (C=O) groups is 1. The molecule has 35 heavy (non-hydrogen) atoms. The third kappa shape index (κ3) is 6.04. The highest BCUT2D eigenvalue weighted by Gasteiger charge is 2.59. The van der Waals surface area contributed by atoms with Gasteiger partial charge in [-0.05, 0) is 65.5 Å². The largest absolute Gasteiger partial charge is 0.356 e. The predicted molar refractivity (Wildman–Crippen MR) is 146 cm³/mol. The van der Waals surface area contributed by atoms with Crippen LogP contribution in [-0.2, 0) is 10.2 Å². The lowest BCUT2D eigenvalue weighted by atomic mass is 9.62. The lowest BCUT2D eigenvalue weighted by molar-refractivity contribution is -0.125. The van der Waals surface area contributed by atoms with Crippen molar-refractivity contribution in [3.63, 3.8) is 0 Å². The maximum atomic E-state index is 13.8. The van der Waals surface area contributed by atoms with E-state index >= 15 is 0 Å². The molecule has 188 valence electrons. The van der Waals surface area contributed by atoms with E-state index in [1.54, 1.807) is 0 Å². The van der Waals surface area contributed by atoms with E-state index in [0.29, 0.717) is 28.9 Å². The van der Waals surface area contributed by atoms with Crippen LogP contribution in [0.3, 0.4) is 0 Å². The average Bonchev–Trinajstić information content (AvgIpc) is 3.13. The second-order valence-electron chi connectivity index (χ2n) is 11.3. The number of nitrogens with zero attached hydrogens (tertiary/aromatic N) is 1. The van der Waals surface area contributed by atoms with Gasteiger partial charge in [0.05, 0.1) is 11.5 Å². The summed E-state index contributed by atoms with van der Waals surface area (Å²) in [4.78, 5) is 13.8. The van der Waals surface area contributed by atoms with Crippen LogP contribution in [0.25, 0.3) is 0 Å². The summed E-state index contributed by atoms with van der Waals surface area (Å²) in [6.45, 7) is 11.6. The summed E-state index contributed by atoms with van der Waals surface area (Å²) in [5.74, 6) is -0.160. The van der Waals surface area contributed by atoms with E-state index < -0.39 is 5.41 Å². The number of hydrogen-bond acceptors (Lipinski definition) is 2.